The SMILES string of the molecule is O=c1ccc(Br)nn1Cc1ccc(-c2noc(C(F)(F)F)n2)cc1. The average molecular weight is 401 g/mol. The van der Waals surface area contributed by atoms with Crippen molar-refractivity contribution in [2.75, 3.05) is 0 Å². The maximum atomic E-state index is 12.5. The molecule has 0 amide bonds. The molecule has 2 aromatic heterocycles. The van der Waals surface area contributed by atoms with Crippen molar-refractivity contribution < 1.29 is 17.7 Å². The Morgan fingerprint density at radius 3 is 2.46 bits per heavy atom. The standard InChI is InChI=1S/C14H8BrF3N4O2/c15-10-5-6-11(23)22(20-10)7-8-1-3-9(4-2-8)12-19-13(24-21-12)14(16,17)18/h1-6H,7H2. The highest BCUT2D eigenvalue weighted by molar-refractivity contribution is 9.10. The van der Waals surface area contributed by atoms with Crippen molar-refractivity contribution in [1.82, 2.24) is 19.9 Å². The number of alkyl halides is 3. The molecule has 124 valence electrons. The van der Waals surface area contributed by atoms with Crippen LogP contribution in [0.2, 0.25) is 0 Å². The van der Waals surface area contributed by atoms with Gasteiger partial charge >= 0.3 is 12.1 Å². The highest BCUT2D eigenvalue weighted by atomic mass is 79.9. The van der Waals surface area contributed by atoms with Crippen LogP contribution in [0.4, 0.5) is 13.2 Å². The number of nitrogens with zero attached hydrogens (tertiary/aromatic N) is 4. The van der Waals surface area contributed by atoms with E-state index >= 15 is 0 Å². The molecule has 24 heavy (non-hydrogen) atoms. The van der Waals surface area contributed by atoms with E-state index < -0.39 is 12.1 Å². The fraction of sp³-hybridized carbons (Fsp3) is 0.143. The van der Waals surface area contributed by atoms with Gasteiger partial charge in [-0.15, -0.1) is 0 Å². The summed E-state index contributed by atoms with van der Waals surface area (Å²) in [5, 5.41) is 7.35. The van der Waals surface area contributed by atoms with E-state index in [1.54, 1.807) is 24.3 Å². The molecule has 0 bridgehead atoms. The van der Waals surface area contributed by atoms with Crippen LogP contribution in [-0.4, -0.2) is 19.9 Å². The molecule has 1 aromatic carbocycles. The first-order chi connectivity index (χ1) is 11.3. The number of benzene rings is 1. The summed E-state index contributed by atoms with van der Waals surface area (Å²) < 4.78 is 43.3. The van der Waals surface area contributed by atoms with Crippen LogP contribution >= 0.6 is 15.9 Å². The molecule has 0 spiro atoms. The third kappa shape index (κ3) is 3.53. The molecule has 0 aliphatic heterocycles. The van der Waals surface area contributed by atoms with Crippen molar-refractivity contribution in [3.05, 3.63) is 62.8 Å². The molecule has 0 fully saturated rings. The van der Waals surface area contributed by atoms with E-state index in [1.165, 1.54) is 16.8 Å². The van der Waals surface area contributed by atoms with Gasteiger partial charge in [-0.2, -0.15) is 23.3 Å². The molecule has 0 saturated carbocycles. The largest absolute Gasteiger partial charge is 0.471 e. The lowest BCUT2D eigenvalue weighted by Crippen LogP contribution is -2.22. The smallest absolute Gasteiger partial charge is 0.329 e. The van der Waals surface area contributed by atoms with Gasteiger partial charge in [0.25, 0.3) is 5.56 Å². The van der Waals surface area contributed by atoms with Gasteiger partial charge in [0.15, 0.2) is 0 Å². The third-order valence-corrected chi connectivity index (χ3v) is 3.47. The average Bonchev–Trinajstić information content (AvgIpc) is 3.02. The Balaban J connectivity index is 1.82. The van der Waals surface area contributed by atoms with Crippen LogP contribution < -0.4 is 5.56 Å². The summed E-state index contributed by atoms with van der Waals surface area (Å²) in [5.74, 6) is -1.56. The second-order valence-corrected chi connectivity index (χ2v) is 5.58. The number of aromatic nitrogens is 4. The molecule has 6 nitrogen and oxygen atoms in total. The Kier molecular flexibility index (Phi) is 4.22. The quantitative estimate of drug-likeness (QED) is 0.675. The van der Waals surface area contributed by atoms with Crippen LogP contribution in [0.15, 0.2) is 50.3 Å². The van der Waals surface area contributed by atoms with Gasteiger partial charge < -0.3 is 4.52 Å². The Labute approximate surface area is 141 Å². The van der Waals surface area contributed by atoms with E-state index in [-0.39, 0.29) is 17.9 Å². The van der Waals surface area contributed by atoms with E-state index in [1.807, 2.05) is 0 Å². The Hall–Kier alpha value is -2.49. The minimum atomic E-state index is -4.68. The lowest BCUT2D eigenvalue weighted by Gasteiger charge is -2.05. The third-order valence-electron chi connectivity index (χ3n) is 3.05. The van der Waals surface area contributed by atoms with E-state index in [2.05, 4.69) is 35.7 Å². The molecule has 2 heterocycles. The van der Waals surface area contributed by atoms with E-state index in [9.17, 15) is 18.0 Å². The summed E-state index contributed by atoms with van der Waals surface area (Å²) in [4.78, 5) is 15.0. The van der Waals surface area contributed by atoms with Gasteiger partial charge in [-0.1, -0.05) is 29.4 Å². The lowest BCUT2D eigenvalue weighted by molar-refractivity contribution is -0.159. The zero-order valence-electron chi connectivity index (χ0n) is 11.8. The molecule has 3 rings (SSSR count). The molecular formula is C14H8BrF3N4O2. The van der Waals surface area contributed by atoms with Gasteiger partial charge in [0.2, 0.25) is 5.82 Å². The van der Waals surface area contributed by atoms with E-state index in [4.69, 9.17) is 0 Å². The van der Waals surface area contributed by atoms with Gasteiger partial charge in [0.05, 0.1) is 6.54 Å². The number of hydrogen-bond acceptors (Lipinski definition) is 5. The van der Waals surface area contributed by atoms with Crippen LogP contribution in [-0.2, 0) is 12.7 Å². The molecule has 0 saturated heterocycles. The highest BCUT2D eigenvalue weighted by Gasteiger charge is 2.38. The minimum absolute atomic E-state index is 0.161. The maximum Gasteiger partial charge on any atom is 0.471 e. The van der Waals surface area contributed by atoms with Gasteiger partial charge in [0, 0.05) is 11.6 Å². The molecule has 3 aromatic rings. The Morgan fingerprint density at radius 2 is 1.83 bits per heavy atom. The fourth-order valence-corrected chi connectivity index (χ4v) is 2.25. The van der Waals surface area contributed by atoms with Crippen molar-refractivity contribution in [2.24, 2.45) is 0 Å². The van der Waals surface area contributed by atoms with Gasteiger partial charge in [-0.05, 0) is 27.6 Å². The van der Waals surface area contributed by atoms with Crippen LogP contribution in [0, 0.1) is 0 Å². The zero-order chi connectivity index (χ0) is 17.3. The van der Waals surface area contributed by atoms with Crippen molar-refractivity contribution in [1.29, 1.82) is 0 Å². The van der Waals surface area contributed by atoms with Crippen molar-refractivity contribution >= 4 is 15.9 Å². The first-order valence-electron chi connectivity index (χ1n) is 6.57. The molecular weight excluding hydrogens is 393 g/mol. The molecule has 0 aliphatic carbocycles. The summed E-state index contributed by atoms with van der Waals surface area (Å²) in [5.41, 5.74) is 0.841. The monoisotopic (exact) mass is 400 g/mol. The second-order valence-electron chi connectivity index (χ2n) is 4.77. The molecule has 0 atom stereocenters. The summed E-state index contributed by atoms with van der Waals surface area (Å²) in [7, 11) is 0. The maximum absolute atomic E-state index is 12.5. The predicted octanol–water partition coefficient (Wildman–Crippen LogP) is 3.12. The van der Waals surface area contributed by atoms with Gasteiger partial charge in [-0.3, -0.25) is 4.79 Å². The molecule has 0 N–H and O–H groups in total. The summed E-state index contributed by atoms with van der Waals surface area (Å²) in [6, 6.07) is 9.30. The summed E-state index contributed by atoms with van der Waals surface area (Å²) in [6.07, 6.45) is -4.68. The Bertz CT molecular complexity index is 919. The first kappa shape index (κ1) is 16.4. The van der Waals surface area contributed by atoms with Crippen LogP contribution in [0.5, 0.6) is 0 Å². The van der Waals surface area contributed by atoms with Crippen molar-refractivity contribution in [2.45, 2.75) is 12.7 Å². The van der Waals surface area contributed by atoms with Crippen molar-refractivity contribution in [3.8, 4) is 11.4 Å². The van der Waals surface area contributed by atoms with E-state index in [0.29, 0.717) is 10.2 Å². The minimum Gasteiger partial charge on any atom is -0.329 e. The normalized spacial score (nSPS) is 11.7. The molecule has 0 radical (unpaired) electrons. The molecule has 0 aliphatic rings. The van der Waals surface area contributed by atoms with Crippen LogP contribution in [0.25, 0.3) is 11.4 Å². The van der Waals surface area contributed by atoms with Crippen LogP contribution in [0.3, 0.4) is 0 Å². The topological polar surface area (TPSA) is 73.8 Å². The van der Waals surface area contributed by atoms with Crippen LogP contribution in [0.1, 0.15) is 11.5 Å². The lowest BCUT2D eigenvalue weighted by atomic mass is 10.1. The number of halogens is 4. The number of hydrogen-bond donors (Lipinski definition) is 0. The van der Waals surface area contributed by atoms with Gasteiger partial charge in [0.1, 0.15) is 4.60 Å². The summed E-state index contributed by atoms with van der Waals surface area (Å²) >= 11 is 3.18. The van der Waals surface area contributed by atoms with Crippen molar-refractivity contribution in [3.63, 3.8) is 0 Å². The highest BCUT2D eigenvalue weighted by Crippen LogP contribution is 2.29. The fourth-order valence-electron chi connectivity index (χ4n) is 1.93. The van der Waals surface area contributed by atoms with Gasteiger partial charge in [-0.25, -0.2) is 4.68 Å². The Morgan fingerprint density at radius 1 is 1.12 bits per heavy atom. The molecule has 0 unspecified atom stereocenters. The summed E-state index contributed by atoms with van der Waals surface area (Å²) in [6.45, 7) is 0.221. The van der Waals surface area contributed by atoms with E-state index in [0.717, 1.165) is 5.56 Å². The second kappa shape index (κ2) is 6.19. The zero-order valence-corrected chi connectivity index (χ0v) is 13.4. The first-order valence-corrected chi connectivity index (χ1v) is 7.36. The number of rotatable bonds is 3. The predicted molar refractivity (Wildman–Crippen MR) is 80.0 cm³/mol. The molecule has 10 heteroatoms.